The monoisotopic (exact) mass is 451 g/mol. The van der Waals surface area contributed by atoms with Crippen molar-refractivity contribution in [2.75, 3.05) is 29.9 Å². The fourth-order valence-electron chi connectivity index (χ4n) is 3.31. The van der Waals surface area contributed by atoms with Crippen LogP contribution in [0, 0.1) is 0 Å². The van der Waals surface area contributed by atoms with Gasteiger partial charge in [0.05, 0.1) is 0 Å². The molecule has 0 atom stereocenters. The molecule has 0 saturated carbocycles. The molecule has 172 valence electrons. The second kappa shape index (κ2) is 10.3. The number of hydrogen-bond donors (Lipinski definition) is 2. The highest BCUT2D eigenvalue weighted by atomic mass is 19.4. The number of carbonyl (C=O) groups excluding carboxylic acids is 2. The van der Waals surface area contributed by atoms with Crippen molar-refractivity contribution in [3.8, 4) is 5.88 Å². The Hall–Kier alpha value is -3.37. The number of ether oxygens (including phenoxy) is 1. The summed E-state index contributed by atoms with van der Waals surface area (Å²) in [5.41, 5.74) is 0.970. The number of aromatic nitrogens is 2. The van der Waals surface area contributed by atoms with Crippen LogP contribution in [-0.2, 0) is 11.3 Å². The van der Waals surface area contributed by atoms with E-state index in [9.17, 15) is 22.8 Å². The number of amides is 2. The van der Waals surface area contributed by atoms with Gasteiger partial charge in [0.15, 0.2) is 6.61 Å². The van der Waals surface area contributed by atoms with Gasteiger partial charge in [-0.15, -0.1) is 0 Å². The predicted molar refractivity (Wildman–Crippen MR) is 112 cm³/mol. The molecule has 0 aliphatic carbocycles. The molecule has 0 aromatic carbocycles. The zero-order chi connectivity index (χ0) is 23.1. The number of nitrogens with zero attached hydrogens (tertiary/aromatic N) is 3. The molecule has 1 fully saturated rings. The third-order valence-electron chi connectivity index (χ3n) is 4.74. The molecule has 8 nitrogen and oxygen atoms in total. The van der Waals surface area contributed by atoms with Crippen molar-refractivity contribution in [3.63, 3.8) is 0 Å². The summed E-state index contributed by atoms with van der Waals surface area (Å²) in [5, 5.41) is 5.30. The summed E-state index contributed by atoms with van der Waals surface area (Å²) in [4.78, 5) is 34.0. The molecule has 2 aromatic heterocycles. The molecule has 11 heteroatoms. The van der Waals surface area contributed by atoms with Gasteiger partial charge in [0.1, 0.15) is 11.6 Å². The fourth-order valence-corrected chi connectivity index (χ4v) is 3.31. The molecule has 1 saturated heterocycles. The second-order valence-corrected chi connectivity index (χ2v) is 7.38. The van der Waals surface area contributed by atoms with E-state index in [0.717, 1.165) is 32.4 Å². The number of rotatable bonds is 7. The van der Waals surface area contributed by atoms with E-state index in [1.807, 2.05) is 4.90 Å². The molecule has 2 amide bonds. The van der Waals surface area contributed by atoms with Crippen LogP contribution in [0.2, 0.25) is 0 Å². The molecule has 2 N–H and O–H groups in total. The van der Waals surface area contributed by atoms with Gasteiger partial charge in [-0.1, -0.05) is 0 Å². The van der Waals surface area contributed by atoms with Gasteiger partial charge in [-0.3, -0.25) is 9.59 Å². The number of carbonyl (C=O) groups is 2. The molecule has 1 aliphatic heterocycles. The normalized spacial score (nSPS) is 14.1. The number of hydrogen-bond acceptors (Lipinski definition) is 6. The SMILES string of the molecule is CC(=O)Nc1cc(C(=O)NCc2ccc(OCC(F)(F)F)nc2N2CCCCC2)ccn1. The van der Waals surface area contributed by atoms with Gasteiger partial charge in [-0.25, -0.2) is 4.98 Å². The van der Waals surface area contributed by atoms with Crippen molar-refractivity contribution in [2.45, 2.75) is 38.9 Å². The van der Waals surface area contributed by atoms with Gasteiger partial charge in [0.2, 0.25) is 11.8 Å². The first-order valence-electron chi connectivity index (χ1n) is 10.2. The van der Waals surface area contributed by atoms with Gasteiger partial charge in [0, 0.05) is 49.9 Å². The molecule has 3 rings (SSSR count). The number of halogens is 3. The van der Waals surface area contributed by atoms with E-state index >= 15 is 0 Å². The lowest BCUT2D eigenvalue weighted by atomic mass is 10.1. The van der Waals surface area contributed by atoms with Gasteiger partial charge in [-0.2, -0.15) is 18.2 Å². The van der Waals surface area contributed by atoms with E-state index in [1.165, 1.54) is 31.3 Å². The highest BCUT2D eigenvalue weighted by Crippen LogP contribution is 2.26. The van der Waals surface area contributed by atoms with Crippen molar-refractivity contribution in [2.24, 2.45) is 0 Å². The minimum Gasteiger partial charge on any atom is -0.468 e. The first-order chi connectivity index (χ1) is 15.2. The van der Waals surface area contributed by atoms with Crippen LogP contribution in [-0.4, -0.2) is 47.7 Å². The van der Waals surface area contributed by atoms with Crippen LogP contribution in [0.1, 0.15) is 42.1 Å². The van der Waals surface area contributed by atoms with E-state index in [4.69, 9.17) is 4.74 Å². The predicted octanol–water partition coefficient (Wildman–Crippen LogP) is 3.30. The molecule has 0 radical (unpaired) electrons. The van der Waals surface area contributed by atoms with Crippen molar-refractivity contribution in [1.29, 1.82) is 0 Å². The molecule has 0 bridgehead atoms. The first kappa shape index (κ1) is 23.3. The summed E-state index contributed by atoms with van der Waals surface area (Å²) < 4.78 is 42.3. The molecule has 3 heterocycles. The van der Waals surface area contributed by atoms with Crippen molar-refractivity contribution in [3.05, 3.63) is 41.6 Å². The number of piperidine rings is 1. The largest absolute Gasteiger partial charge is 0.468 e. The average molecular weight is 451 g/mol. The van der Waals surface area contributed by atoms with Crippen molar-refractivity contribution >= 4 is 23.5 Å². The minimum atomic E-state index is -4.46. The van der Waals surface area contributed by atoms with Crippen LogP contribution in [0.5, 0.6) is 5.88 Å². The maximum atomic E-state index is 12.6. The highest BCUT2D eigenvalue weighted by molar-refractivity contribution is 5.96. The molecule has 1 aliphatic rings. The summed E-state index contributed by atoms with van der Waals surface area (Å²) in [7, 11) is 0. The molecular formula is C21H24F3N5O3. The Balaban J connectivity index is 1.74. The van der Waals surface area contributed by atoms with Crippen LogP contribution < -0.4 is 20.3 Å². The molecule has 2 aromatic rings. The lowest BCUT2D eigenvalue weighted by Gasteiger charge is -2.29. The Kier molecular flexibility index (Phi) is 7.49. The number of nitrogens with one attached hydrogen (secondary N) is 2. The average Bonchev–Trinajstić information content (AvgIpc) is 2.76. The van der Waals surface area contributed by atoms with Gasteiger partial charge >= 0.3 is 6.18 Å². The molecule has 0 spiro atoms. The Morgan fingerprint density at radius 1 is 1.16 bits per heavy atom. The van der Waals surface area contributed by atoms with E-state index in [-0.39, 0.29) is 30.1 Å². The van der Waals surface area contributed by atoms with E-state index in [2.05, 4.69) is 20.6 Å². The summed E-state index contributed by atoms with van der Waals surface area (Å²) in [6.07, 6.45) is -0.0758. The fraction of sp³-hybridized carbons (Fsp3) is 0.429. The lowest BCUT2D eigenvalue weighted by Crippen LogP contribution is -2.32. The number of alkyl halides is 3. The first-order valence-corrected chi connectivity index (χ1v) is 10.2. The quantitative estimate of drug-likeness (QED) is 0.671. The zero-order valence-corrected chi connectivity index (χ0v) is 17.5. The summed E-state index contributed by atoms with van der Waals surface area (Å²) in [5.74, 6) is -0.0569. The Labute approximate surface area is 183 Å². The molecular weight excluding hydrogens is 427 g/mol. The van der Waals surface area contributed by atoms with Gasteiger partial charge in [-0.05, 0) is 37.5 Å². The summed E-state index contributed by atoms with van der Waals surface area (Å²) >= 11 is 0. The Morgan fingerprint density at radius 2 is 1.91 bits per heavy atom. The third-order valence-corrected chi connectivity index (χ3v) is 4.74. The van der Waals surface area contributed by atoms with Gasteiger partial charge < -0.3 is 20.3 Å². The second-order valence-electron chi connectivity index (χ2n) is 7.38. The highest BCUT2D eigenvalue weighted by Gasteiger charge is 2.29. The minimum absolute atomic E-state index is 0.118. The third kappa shape index (κ3) is 6.82. The van der Waals surface area contributed by atoms with E-state index < -0.39 is 12.8 Å². The van der Waals surface area contributed by atoms with E-state index in [0.29, 0.717) is 16.9 Å². The Bertz CT molecular complexity index is 962. The maximum absolute atomic E-state index is 12.6. The topological polar surface area (TPSA) is 96.5 Å². The standard InChI is InChI=1S/C21H24F3N5O3/c1-14(30)27-17-11-15(7-8-25-17)20(31)26-12-16-5-6-18(32-13-21(22,23)24)28-19(16)29-9-3-2-4-10-29/h5-8,11H,2-4,9-10,12-13H2,1H3,(H,26,31)(H,25,27,30). The van der Waals surface area contributed by atoms with Crippen molar-refractivity contribution in [1.82, 2.24) is 15.3 Å². The molecule has 32 heavy (non-hydrogen) atoms. The maximum Gasteiger partial charge on any atom is 0.422 e. The summed E-state index contributed by atoms with van der Waals surface area (Å²) in [6, 6.07) is 5.94. The number of anilines is 2. The smallest absolute Gasteiger partial charge is 0.422 e. The van der Waals surface area contributed by atoms with Crippen LogP contribution in [0.15, 0.2) is 30.5 Å². The van der Waals surface area contributed by atoms with E-state index in [1.54, 1.807) is 6.07 Å². The van der Waals surface area contributed by atoms with Crippen molar-refractivity contribution < 1.29 is 27.5 Å². The summed E-state index contributed by atoms with van der Waals surface area (Å²) in [6.45, 7) is 1.48. The molecule has 0 unspecified atom stereocenters. The van der Waals surface area contributed by atoms with Crippen LogP contribution in [0.3, 0.4) is 0 Å². The number of pyridine rings is 2. The zero-order valence-electron chi connectivity index (χ0n) is 17.5. The lowest BCUT2D eigenvalue weighted by molar-refractivity contribution is -0.154. The van der Waals surface area contributed by atoms with Crippen LogP contribution in [0.4, 0.5) is 24.8 Å². The Morgan fingerprint density at radius 3 is 2.59 bits per heavy atom. The van der Waals surface area contributed by atoms with Gasteiger partial charge in [0.25, 0.3) is 5.91 Å². The van der Waals surface area contributed by atoms with Crippen LogP contribution in [0.25, 0.3) is 0 Å². The van der Waals surface area contributed by atoms with Crippen LogP contribution >= 0.6 is 0 Å².